The van der Waals surface area contributed by atoms with E-state index in [1.54, 1.807) is 6.07 Å². The Morgan fingerprint density at radius 3 is 2.43 bits per heavy atom. The highest BCUT2D eigenvalue weighted by molar-refractivity contribution is 6.38. The number of fused-ring (bicyclic) bond motifs is 1. The summed E-state index contributed by atoms with van der Waals surface area (Å²) in [4.78, 5) is 4.76. The average molecular weight is 317 g/mol. The van der Waals surface area contributed by atoms with Crippen LogP contribution < -0.4 is 5.32 Å². The fourth-order valence-electron chi connectivity index (χ4n) is 2.59. The van der Waals surface area contributed by atoms with Crippen LogP contribution in [0.15, 0.2) is 42.5 Å². The standard InChI is InChI=1S/C17H14Cl2N2/c1-10-15(11-6-4-3-5-7-11)21-17-13(16(10)20-2)8-12(18)9-14(17)19/h3-9H,1-2H3,(H,20,21). The number of nitrogens with zero attached hydrogens (tertiary/aromatic N) is 1. The van der Waals surface area contributed by atoms with Crippen molar-refractivity contribution in [3.8, 4) is 11.3 Å². The summed E-state index contributed by atoms with van der Waals surface area (Å²) in [6, 6.07) is 13.7. The summed E-state index contributed by atoms with van der Waals surface area (Å²) in [7, 11) is 1.89. The molecule has 0 aliphatic rings. The number of pyridine rings is 1. The third kappa shape index (κ3) is 2.45. The van der Waals surface area contributed by atoms with Gasteiger partial charge in [0.15, 0.2) is 0 Å². The molecule has 1 aromatic heterocycles. The smallest absolute Gasteiger partial charge is 0.0917 e. The Balaban J connectivity index is 2.41. The second kappa shape index (κ2) is 5.55. The van der Waals surface area contributed by atoms with Gasteiger partial charge >= 0.3 is 0 Å². The van der Waals surface area contributed by atoms with Crippen LogP contribution in [0.1, 0.15) is 5.56 Å². The van der Waals surface area contributed by atoms with E-state index in [-0.39, 0.29) is 0 Å². The second-order valence-corrected chi connectivity index (χ2v) is 5.70. The molecule has 1 heterocycles. The fraction of sp³-hybridized carbons (Fsp3) is 0.118. The highest BCUT2D eigenvalue weighted by Crippen LogP contribution is 2.37. The zero-order valence-corrected chi connectivity index (χ0v) is 13.3. The molecule has 0 amide bonds. The summed E-state index contributed by atoms with van der Waals surface area (Å²) in [6.07, 6.45) is 0. The van der Waals surface area contributed by atoms with Crippen LogP contribution in [0.3, 0.4) is 0 Å². The Morgan fingerprint density at radius 2 is 1.76 bits per heavy atom. The lowest BCUT2D eigenvalue weighted by atomic mass is 10.0. The number of nitrogens with one attached hydrogen (secondary N) is 1. The van der Waals surface area contributed by atoms with Crippen LogP contribution in [0.5, 0.6) is 0 Å². The first kappa shape index (κ1) is 14.2. The number of hydrogen-bond donors (Lipinski definition) is 1. The number of halogens is 2. The maximum atomic E-state index is 6.33. The molecular formula is C17H14Cl2N2. The SMILES string of the molecule is CNc1c(C)c(-c2ccccc2)nc2c(Cl)cc(Cl)cc12. The van der Waals surface area contributed by atoms with E-state index in [1.165, 1.54) is 0 Å². The zero-order chi connectivity index (χ0) is 15.0. The van der Waals surface area contributed by atoms with Crippen molar-refractivity contribution in [2.45, 2.75) is 6.92 Å². The molecule has 0 saturated heterocycles. The molecule has 0 aliphatic carbocycles. The lowest BCUT2D eigenvalue weighted by Gasteiger charge is -2.15. The quantitative estimate of drug-likeness (QED) is 0.669. The molecule has 0 atom stereocenters. The molecule has 106 valence electrons. The van der Waals surface area contributed by atoms with E-state index < -0.39 is 0 Å². The Kier molecular flexibility index (Phi) is 3.75. The average Bonchev–Trinajstić information content (AvgIpc) is 2.47. The zero-order valence-electron chi connectivity index (χ0n) is 11.7. The maximum Gasteiger partial charge on any atom is 0.0917 e. The van der Waals surface area contributed by atoms with Crippen LogP contribution in [-0.4, -0.2) is 12.0 Å². The molecule has 0 radical (unpaired) electrons. The molecule has 0 aliphatic heterocycles. The lowest BCUT2D eigenvalue weighted by Crippen LogP contribution is -1.99. The van der Waals surface area contributed by atoms with Gasteiger partial charge in [0.1, 0.15) is 0 Å². The van der Waals surface area contributed by atoms with Gasteiger partial charge in [-0.05, 0) is 24.6 Å². The van der Waals surface area contributed by atoms with Crippen molar-refractivity contribution in [2.75, 3.05) is 12.4 Å². The topological polar surface area (TPSA) is 24.9 Å². The lowest BCUT2D eigenvalue weighted by molar-refractivity contribution is 1.31. The third-order valence-electron chi connectivity index (χ3n) is 3.55. The van der Waals surface area contributed by atoms with Gasteiger partial charge in [-0.2, -0.15) is 0 Å². The van der Waals surface area contributed by atoms with Crippen molar-refractivity contribution in [2.24, 2.45) is 0 Å². The molecule has 4 heteroatoms. The Labute approximate surface area is 133 Å². The van der Waals surface area contributed by atoms with Crippen molar-refractivity contribution in [1.29, 1.82) is 0 Å². The summed E-state index contributed by atoms with van der Waals surface area (Å²) in [5.74, 6) is 0. The predicted octanol–water partition coefficient (Wildman–Crippen LogP) is 5.56. The molecular weight excluding hydrogens is 303 g/mol. The normalized spacial score (nSPS) is 10.9. The highest BCUT2D eigenvalue weighted by atomic mass is 35.5. The molecule has 0 spiro atoms. The molecule has 2 aromatic carbocycles. The first-order valence-corrected chi connectivity index (χ1v) is 7.40. The Hall–Kier alpha value is -1.77. The highest BCUT2D eigenvalue weighted by Gasteiger charge is 2.15. The van der Waals surface area contributed by atoms with Gasteiger partial charge in [0.2, 0.25) is 0 Å². The van der Waals surface area contributed by atoms with E-state index in [2.05, 4.69) is 12.2 Å². The first-order valence-electron chi connectivity index (χ1n) is 6.64. The Morgan fingerprint density at radius 1 is 1.05 bits per heavy atom. The number of benzene rings is 2. The minimum atomic E-state index is 0.561. The molecule has 1 N–H and O–H groups in total. The van der Waals surface area contributed by atoms with Gasteiger partial charge in [-0.1, -0.05) is 53.5 Å². The molecule has 0 bridgehead atoms. The van der Waals surface area contributed by atoms with Gasteiger partial charge < -0.3 is 5.32 Å². The number of rotatable bonds is 2. The van der Waals surface area contributed by atoms with E-state index in [4.69, 9.17) is 28.2 Å². The molecule has 2 nitrogen and oxygen atoms in total. The van der Waals surface area contributed by atoms with Crippen molar-refractivity contribution < 1.29 is 0 Å². The summed E-state index contributed by atoms with van der Waals surface area (Å²) in [5, 5.41) is 5.35. The predicted molar refractivity (Wildman–Crippen MR) is 91.5 cm³/mol. The second-order valence-electron chi connectivity index (χ2n) is 4.86. The van der Waals surface area contributed by atoms with Crippen LogP contribution in [0, 0.1) is 6.92 Å². The first-order chi connectivity index (χ1) is 10.1. The van der Waals surface area contributed by atoms with Crippen LogP contribution in [0.2, 0.25) is 10.0 Å². The molecule has 0 unspecified atom stereocenters. The van der Waals surface area contributed by atoms with E-state index >= 15 is 0 Å². The number of hydrogen-bond acceptors (Lipinski definition) is 2. The molecule has 0 saturated carbocycles. The van der Waals surface area contributed by atoms with Gasteiger partial charge in [0.25, 0.3) is 0 Å². The van der Waals surface area contributed by atoms with Gasteiger partial charge in [0, 0.05) is 28.7 Å². The number of aromatic nitrogens is 1. The minimum absolute atomic E-state index is 0.561. The van der Waals surface area contributed by atoms with Gasteiger partial charge in [0.05, 0.1) is 16.2 Å². The van der Waals surface area contributed by atoms with E-state index in [1.807, 2.05) is 43.4 Å². The van der Waals surface area contributed by atoms with Crippen LogP contribution >= 0.6 is 23.2 Å². The van der Waals surface area contributed by atoms with Gasteiger partial charge in [-0.3, -0.25) is 0 Å². The van der Waals surface area contributed by atoms with Crippen molar-refractivity contribution >= 4 is 39.8 Å². The van der Waals surface area contributed by atoms with E-state index in [0.29, 0.717) is 10.0 Å². The molecule has 3 aromatic rings. The van der Waals surface area contributed by atoms with Gasteiger partial charge in [-0.25, -0.2) is 4.98 Å². The van der Waals surface area contributed by atoms with Gasteiger partial charge in [-0.15, -0.1) is 0 Å². The molecule has 3 rings (SSSR count). The third-order valence-corrected chi connectivity index (χ3v) is 4.05. The number of anilines is 1. The summed E-state index contributed by atoms with van der Waals surface area (Å²) < 4.78 is 0. The van der Waals surface area contributed by atoms with Crippen LogP contribution in [-0.2, 0) is 0 Å². The summed E-state index contributed by atoms with van der Waals surface area (Å²) in [5.41, 5.74) is 4.84. The van der Waals surface area contributed by atoms with Crippen molar-refractivity contribution in [1.82, 2.24) is 4.98 Å². The maximum absolute atomic E-state index is 6.33. The summed E-state index contributed by atoms with van der Waals surface area (Å²) >= 11 is 12.5. The summed E-state index contributed by atoms with van der Waals surface area (Å²) in [6.45, 7) is 2.05. The minimum Gasteiger partial charge on any atom is -0.387 e. The van der Waals surface area contributed by atoms with Crippen LogP contribution in [0.25, 0.3) is 22.2 Å². The van der Waals surface area contributed by atoms with E-state index in [0.717, 1.165) is 33.4 Å². The molecule has 0 fully saturated rings. The largest absolute Gasteiger partial charge is 0.387 e. The van der Waals surface area contributed by atoms with Crippen molar-refractivity contribution in [3.05, 3.63) is 58.1 Å². The fourth-order valence-corrected chi connectivity index (χ4v) is 3.12. The molecule has 21 heavy (non-hydrogen) atoms. The Bertz CT molecular complexity index is 814. The van der Waals surface area contributed by atoms with E-state index in [9.17, 15) is 0 Å². The van der Waals surface area contributed by atoms with Crippen molar-refractivity contribution in [3.63, 3.8) is 0 Å². The monoisotopic (exact) mass is 316 g/mol. The van der Waals surface area contributed by atoms with Crippen LogP contribution in [0.4, 0.5) is 5.69 Å².